The molecule has 0 spiro atoms. The first kappa shape index (κ1) is 11.7. The Hall–Kier alpha value is -0.350. The first-order valence-electron chi connectivity index (χ1n) is 4.39. The molecular formula is C9H13BrClN3. The second-order valence-electron chi connectivity index (χ2n) is 3.58. The van der Waals surface area contributed by atoms with Crippen LogP contribution in [0.4, 0.5) is 5.82 Å². The average Bonchev–Trinajstić information content (AvgIpc) is 2.08. The quantitative estimate of drug-likeness (QED) is 0.796. The lowest BCUT2D eigenvalue weighted by molar-refractivity contribution is 0.633. The second kappa shape index (κ2) is 4.94. The van der Waals surface area contributed by atoms with Gasteiger partial charge in [-0.3, -0.25) is 0 Å². The lowest BCUT2D eigenvalue weighted by Crippen LogP contribution is -2.24. The van der Waals surface area contributed by atoms with Gasteiger partial charge in [0.2, 0.25) is 0 Å². The molecule has 78 valence electrons. The average molecular weight is 279 g/mol. The Balaban J connectivity index is 2.89. The molecule has 0 fully saturated rings. The van der Waals surface area contributed by atoms with E-state index in [4.69, 9.17) is 11.6 Å². The minimum Gasteiger partial charge on any atom is -0.358 e. The zero-order valence-electron chi connectivity index (χ0n) is 8.46. The number of anilines is 1. The van der Waals surface area contributed by atoms with Crippen LogP contribution in [0.2, 0.25) is 5.15 Å². The van der Waals surface area contributed by atoms with E-state index in [1.807, 2.05) is 7.05 Å². The summed E-state index contributed by atoms with van der Waals surface area (Å²) < 4.78 is 0.754. The lowest BCUT2D eigenvalue weighted by atomic mass is 10.2. The number of nitrogens with zero attached hydrogens (tertiary/aromatic N) is 3. The monoisotopic (exact) mass is 277 g/mol. The molecule has 0 saturated heterocycles. The number of aromatic nitrogens is 2. The molecule has 0 unspecified atom stereocenters. The van der Waals surface area contributed by atoms with Gasteiger partial charge in [-0.1, -0.05) is 25.4 Å². The number of hydrogen-bond acceptors (Lipinski definition) is 3. The van der Waals surface area contributed by atoms with Gasteiger partial charge in [-0.2, -0.15) is 0 Å². The minimum absolute atomic E-state index is 0.450. The Labute approximate surface area is 97.6 Å². The number of hydrogen-bond donors (Lipinski definition) is 0. The first-order valence-corrected chi connectivity index (χ1v) is 5.56. The molecule has 0 amide bonds. The van der Waals surface area contributed by atoms with Crippen LogP contribution in [0.1, 0.15) is 13.8 Å². The fourth-order valence-electron chi connectivity index (χ4n) is 1.24. The van der Waals surface area contributed by atoms with Crippen LogP contribution in [-0.4, -0.2) is 23.6 Å². The number of rotatable bonds is 3. The van der Waals surface area contributed by atoms with Crippen LogP contribution in [-0.2, 0) is 0 Å². The molecule has 0 bridgehead atoms. The summed E-state index contributed by atoms with van der Waals surface area (Å²) in [5.41, 5.74) is 0. The summed E-state index contributed by atoms with van der Waals surface area (Å²) in [6.45, 7) is 5.26. The van der Waals surface area contributed by atoms with Gasteiger partial charge in [-0.05, 0) is 21.8 Å². The highest BCUT2D eigenvalue weighted by atomic mass is 79.9. The van der Waals surface area contributed by atoms with Crippen molar-refractivity contribution < 1.29 is 0 Å². The molecule has 0 aliphatic heterocycles. The van der Waals surface area contributed by atoms with E-state index in [0.717, 1.165) is 16.8 Å². The molecule has 0 N–H and O–H groups in total. The molecule has 0 aliphatic rings. The summed E-state index contributed by atoms with van der Waals surface area (Å²) in [5, 5.41) is 0.450. The molecule has 0 aromatic carbocycles. The summed E-state index contributed by atoms with van der Waals surface area (Å²) in [6.07, 6.45) is 1.47. The zero-order chi connectivity index (χ0) is 10.7. The van der Waals surface area contributed by atoms with Crippen LogP contribution in [0, 0.1) is 5.92 Å². The Morgan fingerprint density at radius 1 is 1.50 bits per heavy atom. The summed E-state index contributed by atoms with van der Waals surface area (Å²) in [6, 6.07) is 0. The molecule has 5 heteroatoms. The highest BCUT2D eigenvalue weighted by molar-refractivity contribution is 9.10. The van der Waals surface area contributed by atoms with Gasteiger partial charge >= 0.3 is 0 Å². The zero-order valence-corrected chi connectivity index (χ0v) is 10.8. The Bertz CT molecular complexity index is 317. The van der Waals surface area contributed by atoms with Gasteiger partial charge in [-0.15, -0.1) is 0 Å². The molecule has 0 atom stereocenters. The van der Waals surface area contributed by atoms with Crippen LogP contribution in [0.5, 0.6) is 0 Å². The standard InChI is InChI=1S/C9H13BrClN3/c1-6(2)4-14(3)9-7(10)8(11)12-5-13-9/h5-6H,4H2,1-3H3. The lowest BCUT2D eigenvalue weighted by Gasteiger charge is -2.21. The SMILES string of the molecule is CC(C)CN(C)c1ncnc(Cl)c1Br. The van der Waals surface area contributed by atoms with Gasteiger partial charge in [-0.25, -0.2) is 9.97 Å². The van der Waals surface area contributed by atoms with E-state index in [-0.39, 0.29) is 0 Å². The first-order chi connectivity index (χ1) is 6.52. The molecule has 1 aromatic rings. The van der Waals surface area contributed by atoms with Gasteiger partial charge < -0.3 is 4.90 Å². The van der Waals surface area contributed by atoms with E-state index in [0.29, 0.717) is 11.1 Å². The van der Waals surface area contributed by atoms with E-state index < -0.39 is 0 Å². The van der Waals surface area contributed by atoms with Crippen LogP contribution < -0.4 is 4.90 Å². The Morgan fingerprint density at radius 3 is 2.71 bits per heavy atom. The topological polar surface area (TPSA) is 29.0 Å². The van der Waals surface area contributed by atoms with Crippen molar-refractivity contribution in [3.05, 3.63) is 16.0 Å². The Kier molecular flexibility index (Phi) is 4.13. The van der Waals surface area contributed by atoms with Crippen molar-refractivity contribution in [3.63, 3.8) is 0 Å². The molecule has 1 aromatic heterocycles. The van der Waals surface area contributed by atoms with E-state index >= 15 is 0 Å². The largest absolute Gasteiger partial charge is 0.358 e. The predicted molar refractivity (Wildman–Crippen MR) is 62.9 cm³/mol. The summed E-state index contributed by atoms with van der Waals surface area (Å²) in [5.74, 6) is 1.42. The van der Waals surface area contributed by atoms with Gasteiger partial charge in [0.25, 0.3) is 0 Å². The Morgan fingerprint density at radius 2 is 2.14 bits per heavy atom. The highest BCUT2D eigenvalue weighted by Gasteiger charge is 2.11. The fourth-order valence-corrected chi connectivity index (χ4v) is 1.88. The van der Waals surface area contributed by atoms with Crippen molar-refractivity contribution in [1.82, 2.24) is 9.97 Å². The van der Waals surface area contributed by atoms with Crippen molar-refractivity contribution in [2.24, 2.45) is 5.92 Å². The molecule has 0 radical (unpaired) electrons. The van der Waals surface area contributed by atoms with E-state index in [1.165, 1.54) is 6.33 Å². The molecule has 3 nitrogen and oxygen atoms in total. The molecule has 0 saturated carbocycles. The maximum Gasteiger partial charge on any atom is 0.148 e. The van der Waals surface area contributed by atoms with E-state index in [9.17, 15) is 0 Å². The molecule has 0 aliphatic carbocycles. The maximum atomic E-state index is 5.87. The smallest absolute Gasteiger partial charge is 0.148 e. The minimum atomic E-state index is 0.450. The highest BCUT2D eigenvalue weighted by Crippen LogP contribution is 2.28. The third-order valence-electron chi connectivity index (χ3n) is 1.73. The van der Waals surface area contributed by atoms with E-state index in [2.05, 4.69) is 44.6 Å². The van der Waals surface area contributed by atoms with Crippen LogP contribution >= 0.6 is 27.5 Å². The van der Waals surface area contributed by atoms with Crippen LogP contribution in [0.15, 0.2) is 10.8 Å². The normalized spacial score (nSPS) is 10.7. The summed E-state index contributed by atoms with van der Waals surface area (Å²) >= 11 is 9.24. The van der Waals surface area contributed by atoms with Crippen molar-refractivity contribution in [2.45, 2.75) is 13.8 Å². The number of halogens is 2. The van der Waals surface area contributed by atoms with Gasteiger partial charge in [0.1, 0.15) is 17.3 Å². The van der Waals surface area contributed by atoms with Gasteiger partial charge in [0.15, 0.2) is 0 Å². The third kappa shape index (κ3) is 2.82. The van der Waals surface area contributed by atoms with Crippen molar-refractivity contribution >= 4 is 33.3 Å². The fraction of sp³-hybridized carbons (Fsp3) is 0.556. The predicted octanol–water partition coefficient (Wildman–Crippen LogP) is 2.98. The second-order valence-corrected chi connectivity index (χ2v) is 4.73. The molecule has 1 rings (SSSR count). The van der Waals surface area contributed by atoms with Crippen LogP contribution in [0.25, 0.3) is 0 Å². The van der Waals surface area contributed by atoms with Crippen LogP contribution in [0.3, 0.4) is 0 Å². The van der Waals surface area contributed by atoms with E-state index in [1.54, 1.807) is 0 Å². The van der Waals surface area contributed by atoms with Gasteiger partial charge in [0.05, 0.1) is 4.47 Å². The summed E-state index contributed by atoms with van der Waals surface area (Å²) in [7, 11) is 1.99. The van der Waals surface area contributed by atoms with Gasteiger partial charge in [0, 0.05) is 13.6 Å². The molecular weight excluding hydrogens is 265 g/mol. The van der Waals surface area contributed by atoms with Crippen molar-refractivity contribution in [3.8, 4) is 0 Å². The molecule has 14 heavy (non-hydrogen) atoms. The van der Waals surface area contributed by atoms with Crippen molar-refractivity contribution in [1.29, 1.82) is 0 Å². The summed E-state index contributed by atoms with van der Waals surface area (Å²) in [4.78, 5) is 10.1. The maximum absolute atomic E-state index is 5.87. The molecule has 1 heterocycles. The third-order valence-corrected chi connectivity index (χ3v) is 2.97. The van der Waals surface area contributed by atoms with Crippen molar-refractivity contribution in [2.75, 3.05) is 18.5 Å².